The highest BCUT2D eigenvalue weighted by molar-refractivity contribution is 9.10. The van der Waals surface area contributed by atoms with Gasteiger partial charge in [0.05, 0.1) is 0 Å². The van der Waals surface area contributed by atoms with E-state index in [0.717, 1.165) is 10.2 Å². The fraction of sp³-hybridized carbons (Fsp3) is 0.143. The van der Waals surface area contributed by atoms with Crippen LogP contribution in [0, 0.1) is 6.92 Å². The van der Waals surface area contributed by atoms with Crippen molar-refractivity contribution in [2.24, 2.45) is 5.73 Å². The Morgan fingerprint density at radius 3 is 2.83 bits per heavy atom. The molecule has 5 heteroatoms. The van der Waals surface area contributed by atoms with E-state index in [-0.39, 0.29) is 5.11 Å². The van der Waals surface area contributed by atoms with Gasteiger partial charge < -0.3 is 11.1 Å². The minimum absolute atomic E-state index is 0.222. The maximum atomic E-state index is 5.29. The Morgan fingerprint density at radius 1 is 1.67 bits per heavy atom. The Labute approximate surface area is 84.5 Å². The van der Waals surface area contributed by atoms with E-state index >= 15 is 0 Å². The van der Waals surface area contributed by atoms with Crippen LogP contribution in [0.1, 0.15) is 5.56 Å². The molecule has 0 fully saturated rings. The highest BCUT2D eigenvalue weighted by Crippen LogP contribution is 2.13. The van der Waals surface area contributed by atoms with Gasteiger partial charge in [-0.3, -0.25) is 0 Å². The van der Waals surface area contributed by atoms with E-state index in [1.807, 2.05) is 19.1 Å². The second kappa shape index (κ2) is 3.82. The number of nitrogens with two attached hydrogens (primary N) is 1. The maximum absolute atomic E-state index is 5.29. The van der Waals surface area contributed by atoms with Crippen molar-refractivity contribution in [1.29, 1.82) is 0 Å². The van der Waals surface area contributed by atoms with Crippen molar-refractivity contribution in [3.63, 3.8) is 0 Å². The molecule has 0 aliphatic carbocycles. The fourth-order valence-corrected chi connectivity index (χ4v) is 1.47. The van der Waals surface area contributed by atoms with Gasteiger partial charge in [0.2, 0.25) is 0 Å². The molecule has 0 aliphatic rings. The first-order valence-electron chi connectivity index (χ1n) is 3.28. The molecule has 0 aromatic carbocycles. The summed E-state index contributed by atoms with van der Waals surface area (Å²) in [6.45, 7) is 1.97. The first-order chi connectivity index (χ1) is 5.58. The third kappa shape index (κ3) is 2.75. The molecule has 3 N–H and O–H groups in total. The summed E-state index contributed by atoms with van der Waals surface area (Å²) in [5.41, 5.74) is 6.38. The van der Waals surface area contributed by atoms with Crippen LogP contribution in [0.25, 0.3) is 0 Å². The zero-order valence-electron chi connectivity index (χ0n) is 6.47. The number of rotatable bonds is 1. The van der Waals surface area contributed by atoms with Crippen molar-refractivity contribution in [2.75, 3.05) is 5.32 Å². The first kappa shape index (κ1) is 9.41. The Kier molecular flexibility index (Phi) is 2.99. The van der Waals surface area contributed by atoms with Gasteiger partial charge in [-0.15, -0.1) is 0 Å². The first-order valence-corrected chi connectivity index (χ1v) is 4.48. The molecule has 12 heavy (non-hydrogen) atoms. The number of aromatic nitrogens is 1. The molecule has 0 aliphatic heterocycles. The molecule has 1 heterocycles. The normalized spacial score (nSPS) is 9.50. The lowest BCUT2D eigenvalue weighted by atomic mass is 10.3. The minimum Gasteiger partial charge on any atom is -0.376 e. The van der Waals surface area contributed by atoms with E-state index in [0.29, 0.717) is 5.82 Å². The van der Waals surface area contributed by atoms with E-state index in [2.05, 4.69) is 38.4 Å². The van der Waals surface area contributed by atoms with Gasteiger partial charge >= 0.3 is 0 Å². The van der Waals surface area contributed by atoms with Crippen LogP contribution >= 0.6 is 28.1 Å². The molecule has 0 saturated heterocycles. The molecule has 1 aromatic rings. The number of thiocarbonyl (C=S) groups is 1. The van der Waals surface area contributed by atoms with Crippen molar-refractivity contribution in [3.05, 3.63) is 22.3 Å². The molecule has 0 amide bonds. The minimum atomic E-state index is 0.222. The Hall–Kier alpha value is -0.680. The van der Waals surface area contributed by atoms with E-state index in [9.17, 15) is 0 Å². The van der Waals surface area contributed by atoms with Crippen molar-refractivity contribution in [1.82, 2.24) is 4.98 Å². The average Bonchev–Trinajstić information content (AvgIpc) is 1.81. The van der Waals surface area contributed by atoms with Gasteiger partial charge in [0.25, 0.3) is 0 Å². The second-order valence-electron chi connectivity index (χ2n) is 2.34. The Balaban J connectivity index is 2.93. The fourth-order valence-electron chi connectivity index (χ4n) is 0.815. The van der Waals surface area contributed by atoms with Gasteiger partial charge in [0.15, 0.2) is 5.11 Å². The van der Waals surface area contributed by atoms with Crippen molar-refractivity contribution in [2.45, 2.75) is 6.92 Å². The number of aryl methyl sites for hydroxylation is 1. The average molecular weight is 246 g/mol. The summed E-state index contributed by atoms with van der Waals surface area (Å²) < 4.78 is 0.765. The molecule has 64 valence electrons. The Bertz CT molecular complexity index is 293. The van der Waals surface area contributed by atoms with Crippen LogP contribution in [0.3, 0.4) is 0 Å². The number of nitrogens with one attached hydrogen (secondary N) is 1. The largest absolute Gasteiger partial charge is 0.376 e. The molecule has 0 atom stereocenters. The van der Waals surface area contributed by atoms with E-state index in [1.54, 1.807) is 0 Å². The third-order valence-electron chi connectivity index (χ3n) is 1.19. The van der Waals surface area contributed by atoms with Crippen molar-refractivity contribution < 1.29 is 0 Å². The van der Waals surface area contributed by atoms with Gasteiger partial charge in [-0.25, -0.2) is 4.98 Å². The highest BCUT2D eigenvalue weighted by Gasteiger charge is 1.97. The molecular weight excluding hydrogens is 238 g/mol. The zero-order valence-corrected chi connectivity index (χ0v) is 8.87. The summed E-state index contributed by atoms with van der Waals surface area (Å²) >= 11 is 7.94. The van der Waals surface area contributed by atoms with Crippen LogP contribution in [-0.2, 0) is 0 Å². The third-order valence-corrected chi connectivity index (χ3v) is 1.70. The van der Waals surface area contributed by atoms with Gasteiger partial charge in [-0.2, -0.15) is 0 Å². The van der Waals surface area contributed by atoms with Gasteiger partial charge in [0, 0.05) is 0 Å². The summed E-state index contributed by atoms with van der Waals surface area (Å²) in [7, 11) is 0. The van der Waals surface area contributed by atoms with Crippen LogP contribution in [0.4, 0.5) is 5.82 Å². The molecule has 0 saturated carbocycles. The van der Waals surface area contributed by atoms with Crippen molar-refractivity contribution >= 4 is 39.1 Å². The van der Waals surface area contributed by atoms with Crippen LogP contribution < -0.4 is 11.1 Å². The standard InChI is InChI=1S/C7H8BrN3S/c1-4-2-5(8)10-6(3-4)11-7(9)12/h2-3H,1H3,(H3,9,10,11,12). The second-order valence-corrected chi connectivity index (χ2v) is 3.59. The van der Waals surface area contributed by atoms with Crippen LogP contribution in [0.2, 0.25) is 0 Å². The molecule has 1 rings (SSSR count). The van der Waals surface area contributed by atoms with Crippen LogP contribution in [0.5, 0.6) is 0 Å². The molecule has 0 bridgehead atoms. The summed E-state index contributed by atoms with van der Waals surface area (Å²) in [6.07, 6.45) is 0. The lowest BCUT2D eigenvalue weighted by Gasteiger charge is -2.03. The molecule has 0 unspecified atom stereocenters. The predicted molar refractivity (Wildman–Crippen MR) is 57.1 cm³/mol. The van der Waals surface area contributed by atoms with E-state index in [1.165, 1.54) is 0 Å². The van der Waals surface area contributed by atoms with E-state index < -0.39 is 0 Å². The number of hydrogen-bond acceptors (Lipinski definition) is 2. The molecule has 1 aromatic heterocycles. The topological polar surface area (TPSA) is 50.9 Å². The van der Waals surface area contributed by atoms with E-state index in [4.69, 9.17) is 5.73 Å². The quantitative estimate of drug-likeness (QED) is 0.586. The summed E-state index contributed by atoms with van der Waals surface area (Å²) in [4.78, 5) is 4.11. The maximum Gasteiger partial charge on any atom is 0.169 e. The predicted octanol–water partition coefficient (Wildman–Crippen LogP) is 1.81. The van der Waals surface area contributed by atoms with Gasteiger partial charge in [-0.05, 0) is 52.8 Å². The monoisotopic (exact) mass is 245 g/mol. The lowest BCUT2D eigenvalue weighted by molar-refractivity contribution is 1.24. The van der Waals surface area contributed by atoms with Crippen molar-refractivity contribution in [3.8, 4) is 0 Å². The number of halogens is 1. The number of pyridine rings is 1. The molecule has 0 spiro atoms. The Morgan fingerprint density at radius 2 is 2.33 bits per heavy atom. The summed E-state index contributed by atoms with van der Waals surface area (Å²) in [6, 6.07) is 3.77. The number of nitrogens with zero attached hydrogens (tertiary/aromatic N) is 1. The summed E-state index contributed by atoms with van der Waals surface area (Å²) in [5.74, 6) is 0.661. The number of anilines is 1. The zero-order chi connectivity index (χ0) is 9.14. The molecule has 0 radical (unpaired) electrons. The summed E-state index contributed by atoms with van der Waals surface area (Å²) in [5, 5.41) is 2.98. The van der Waals surface area contributed by atoms with Crippen LogP contribution in [0.15, 0.2) is 16.7 Å². The SMILES string of the molecule is Cc1cc(Br)nc(NC(N)=S)c1. The number of hydrogen-bond donors (Lipinski definition) is 2. The smallest absolute Gasteiger partial charge is 0.169 e. The van der Waals surface area contributed by atoms with Gasteiger partial charge in [0.1, 0.15) is 10.4 Å². The molecular formula is C7H8BrN3S. The van der Waals surface area contributed by atoms with Gasteiger partial charge in [-0.1, -0.05) is 0 Å². The highest BCUT2D eigenvalue weighted by atomic mass is 79.9. The van der Waals surface area contributed by atoms with Crippen LogP contribution in [-0.4, -0.2) is 10.1 Å². The molecule has 3 nitrogen and oxygen atoms in total. The lowest BCUT2D eigenvalue weighted by Crippen LogP contribution is -2.19.